The largest absolute Gasteiger partial charge is 0.369 e. The van der Waals surface area contributed by atoms with Crippen molar-refractivity contribution < 1.29 is 4.79 Å². The van der Waals surface area contributed by atoms with E-state index in [2.05, 4.69) is 25.3 Å². The summed E-state index contributed by atoms with van der Waals surface area (Å²) in [5.41, 5.74) is 7.57. The fourth-order valence-corrected chi connectivity index (χ4v) is 2.77. The van der Waals surface area contributed by atoms with Gasteiger partial charge >= 0.3 is 0 Å². The first-order valence-corrected chi connectivity index (χ1v) is 7.64. The van der Waals surface area contributed by atoms with Crippen LogP contribution >= 0.6 is 0 Å². The minimum Gasteiger partial charge on any atom is -0.369 e. The van der Waals surface area contributed by atoms with E-state index in [-0.39, 0.29) is 29.6 Å². The molecule has 0 aliphatic rings. The van der Waals surface area contributed by atoms with Crippen molar-refractivity contribution in [2.24, 2.45) is 0 Å². The molecule has 1 aromatic carbocycles. The molecule has 25 heavy (non-hydrogen) atoms. The van der Waals surface area contributed by atoms with Gasteiger partial charge in [0, 0.05) is 23.6 Å². The molecule has 0 spiro atoms. The van der Waals surface area contributed by atoms with Crippen LogP contribution in [0, 0.1) is 0 Å². The Kier molecular flexibility index (Phi) is 3.46. The van der Waals surface area contributed by atoms with Crippen molar-refractivity contribution in [2.45, 2.75) is 13.1 Å². The van der Waals surface area contributed by atoms with Gasteiger partial charge in [-0.2, -0.15) is 4.98 Å². The number of hydrogen-bond acceptors (Lipinski definition) is 5. The van der Waals surface area contributed by atoms with Gasteiger partial charge in [0.1, 0.15) is 6.54 Å². The van der Waals surface area contributed by atoms with Crippen LogP contribution in [0.5, 0.6) is 0 Å². The van der Waals surface area contributed by atoms with E-state index in [0.717, 1.165) is 16.5 Å². The molecule has 4 rings (SSSR count). The number of rotatable bonds is 4. The Morgan fingerprint density at radius 2 is 2.16 bits per heavy atom. The van der Waals surface area contributed by atoms with E-state index in [1.807, 2.05) is 30.5 Å². The molecule has 3 aromatic heterocycles. The fourth-order valence-electron chi connectivity index (χ4n) is 2.77. The van der Waals surface area contributed by atoms with Crippen LogP contribution in [0.4, 0.5) is 5.95 Å². The summed E-state index contributed by atoms with van der Waals surface area (Å²) in [5, 5.41) is 3.92. The van der Waals surface area contributed by atoms with Gasteiger partial charge in [0.25, 0.3) is 5.56 Å². The third-order valence-electron chi connectivity index (χ3n) is 3.96. The van der Waals surface area contributed by atoms with E-state index >= 15 is 0 Å². The molecule has 0 atom stereocenters. The number of aromatic amines is 2. The molecule has 0 radical (unpaired) electrons. The molecule has 9 heteroatoms. The molecular formula is C16H15N7O2. The van der Waals surface area contributed by atoms with Gasteiger partial charge in [0.15, 0.2) is 11.2 Å². The first-order chi connectivity index (χ1) is 12.1. The molecule has 0 saturated heterocycles. The second-order valence-corrected chi connectivity index (χ2v) is 5.63. The summed E-state index contributed by atoms with van der Waals surface area (Å²) in [6.07, 6.45) is 3.27. The fraction of sp³-hybridized carbons (Fsp3) is 0.125. The summed E-state index contributed by atoms with van der Waals surface area (Å²) in [6.45, 7) is 0.389. The quantitative estimate of drug-likeness (QED) is 0.430. The third kappa shape index (κ3) is 2.71. The molecule has 126 valence electrons. The molecule has 9 nitrogen and oxygen atoms in total. The smallest absolute Gasteiger partial charge is 0.280 e. The van der Waals surface area contributed by atoms with Crippen LogP contribution in [0.15, 0.2) is 41.6 Å². The summed E-state index contributed by atoms with van der Waals surface area (Å²) in [5.74, 6) is -0.233. The van der Waals surface area contributed by atoms with Gasteiger partial charge < -0.3 is 20.6 Å². The Balaban J connectivity index is 1.50. The normalized spacial score (nSPS) is 11.2. The monoisotopic (exact) mass is 337 g/mol. The highest BCUT2D eigenvalue weighted by Gasteiger charge is 2.12. The summed E-state index contributed by atoms with van der Waals surface area (Å²) in [7, 11) is 0. The van der Waals surface area contributed by atoms with Crippen molar-refractivity contribution in [3.05, 3.63) is 52.7 Å². The van der Waals surface area contributed by atoms with Crippen molar-refractivity contribution in [2.75, 3.05) is 5.73 Å². The number of nitrogens with two attached hydrogens (primary N) is 1. The lowest BCUT2D eigenvalue weighted by molar-refractivity contribution is -0.121. The Morgan fingerprint density at radius 1 is 1.32 bits per heavy atom. The lowest BCUT2D eigenvalue weighted by atomic mass is 10.2. The molecule has 5 N–H and O–H groups in total. The van der Waals surface area contributed by atoms with Crippen molar-refractivity contribution >= 4 is 33.9 Å². The number of aromatic nitrogens is 5. The van der Waals surface area contributed by atoms with E-state index in [4.69, 9.17) is 5.73 Å². The van der Waals surface area contributed by atoms with Crippen LogP contribution in [0.25, 0.3) is 22.1 Å². The van der Waals surface area contributed by atoms with Crippen molar-refractivity contribution in [3.8, 4) is 0 Å². The highest BCUT2D eigenvalue weighted by Crippen LogP contribution is 2.17. The summed E-state index contributed by atoms with van der Waals surface area (Å²) in [6, 6.07) is 7.88. The van der Waals surface area contributed by atoms with E-state index in [0.29, 0.717) is 6.54 Å². The van der Waals surface area contributed by atoms with Crippen LogP contribution < -0.4 is 16.6 Å². The number of nitrogens with one attached hydrogen (secondary N) is 3. The average Bonchev–Trinajstić information content (AvgIpc) is 3.18. The van der Waals surface area contributed by atoms with Gasteiger partial charge in [0.2, 0.25) is 11.9 Å². The number of H-pyrrole nitrogens is 2. The van der Waals surface area contributed by atoms with E-state index in [1.54, 1.807) is 0 Å². The molecule has 0 saturated carbocycles. The van der Waals surface area contributed by atoms with Crippen molar-refractivity contribution in [1.29, 1.82) is 0 Å². The number of carbonyl (C=O) groups is 1. The van der Waals surface area contributed by atoms with Crippen molar-refractivity contribution in [1.82, 2.24) is 29.8 Å². The number of hydrogen-bond donors (Lipinski definition) is 4. The first kappa shape index (κ1) is 14.9. The number of nitrogen functional groups attached to an aromatic ring is 1. The number of nitrogens with zero attached hydrogens (tertiary/aromatic N) is 3. The molecule has 0 aliphatic carbocycles. The van der Waals surface area contributed by atoms with Gasteiger partial charge in [-0.1, -0.05) is 18.2 Å². The summed E-state index contributed by atoms with van der Waals surface area (Å²) in [4.78, 5) is 37.5. The summed E-state index contributed by atoms with van der Waals surface area (Å²) >= 11 is 0. The molecule has 4 aromatic rings. The Labute approximate surface area is 140 Å². The standard InChI is InChI=1S/C16H15N7O2/c17-16-21-14-13(15(25)22-16)20-8-23(14)7-12(24)19-6-9-5-18-11-4-2-1-3-10(9)11/h1-5,8,18H,6-7H2,(H,19,24)(H3,17,21,22,25). The number of fused-ring (bicyclic) bond motifs is 2. The average molecular weight is 337 g/mol. The van der Waals surface area contributed by atoms with Gasteiger partial charge in [-0.3, -0.25) is 14.6 Å². The van der Waals surface area contributed by atoms with Crippen LogP contribution in [0.3, 0.4) is 0 Å². The number of carbonyl (C=O) groups excluding carboxylic acids is 1. The van der Waals surface area contributed by atoms with E-state index in [9.17, 15) is 9.59 Å². The molecule has 0 unspecified atom stereocenters. The maximum absolute atomic E-state index is 12.2. The second kappa shape index (κ2) is 5.78. The second-order valence-electron chi connectivity index (χ2n) is 5.63. The van der Waals surface area contributed by atoms with Crippen molar-refractivity contribution in [3.63, 3.8) is 0 Å². The Hall–Kier alpha value is -3.62. The molecule has 0 fully saturated rings. The zero-order chi connectivity index (χ0) is 17.4. The van der Waals surface area contributed by atoms with Crippen LogP contribution in [0.2, 0.25) is 0 Å². The molecular weight excluding hydrogens is 322 g/mol. The maximum atomic E-state index is 12.2. The van der Waals surface area contributed by atoms with Gasteiger partial charge in [-0.25, -0.2) is 4.98 Å². The predicted octanol–water partition coefficient (Wildman–Crippen LogP) is 0.499. The van der Waals surface area contributed by atoms with Crippen LogP contribution in [-0.2, 0) is 17.9 Å². The number of benzene rings is 1. The Bertz CT molecular complexity index is 1140. The van der Waals surface area contributed by atoms with Crippen LogP contribution in [0.1, 0.15) is 5.56 Å². The number of anilines is 1. The Morgan fingerprint density at radius 3 is 3.04 bits per heavy atom. The van der Waals surface area contributed by atoms with E-state index < -0.39 is 5.56 Å². The zero-order valence-electron chi connectivity index (χ0n) is 13.1. The highest BCUT2D eigenvalue weighted by molar-refractivity contribution is 5.84. The first-order valence-electron chi connectivity index (χ1n) is 7.64. The highest BCUT2D eigenvalue weighted by atomic mass is 16.2. The zero-order valence-corrected chi connectivity index (χ0v) is 13.1. The molecule has 0 bridgehead atoms. The van der Waals surface area contributed by atoms with E-state index in [1.165, 1.54) is 10.9 Å². The van der Waals surface area contributed by atoms with Gasteiger partial charge in [0.05, 0.1) is 6.33 Å². The van der Waals surface area contributed by atoms with Gasteiger partial charge in [-0.15, -0.1) is 0 Å². The number of imidazole rings is 1. The minimum absolute atomic E-state index is 0.00521. The number of para-hydroxylation sites is 1. The van der Waals surface area contributed by atoms with Crippen LogP contribution in [-0.4, -0.2) is 30.4 Å². The van der Waals surface area contributed by atoms with Gasteiger partial charge in [-0.05, 0) is 11.6 Å². The molecule has 0 aliphatic heterocycles. The molecule has 1 amide bonds. The third-order valence-corrected chi connectivity index (χ3v) is 3.96. The molecule has 3 heterocycles. The minimum atomic E-state index is -0.430. The predicted molar refractivity (Wildman–Crippen MR) is 92.7 cm³/mol. The topological polar surface area (TPSA) is 134 Å². The summed E-state index contributed by atoms with van der Waals surface area (Å²) < 4.78 is 1.49. The SMILES string of the molecule is Nc1nc2c(ncn2CC(=O)NCc2c[nH]c3ccccc23)c(=O)[nH]1. The lowest BCUT2D eigenvalue weighted by Gasteiger charge is -2.06. The number of amides is 1. The maximum Gasteiger partial charge on any atom is 0.280 e. The lowest BCUT2D eigenvalue weighted by Crippen LogP contribution is -2.27.